The first-order valence-corrected chi connectivity index (χ1v) is 9.80. The van der Waals surface area contributed by atoms with Crippen LogP contribution in [-0.2, 0) is 16.1 Å². The minimum absolute atomic E-state index is 0.134. The Balaban J connectivity index is 2.15. The maximum atomic E-state index is 12.4. The molecule has 1 unspecified atom stereocenters. The number of nitrogens with one attached hydrogen (secondary N) is 1. The number of halogens is 2. The third kappa shape index (κ3) is 3.97. The summed E-state index contributed by atoms with van der Waals surface area (Å²) in [6.07, 6.45) is 0.520. The third-order valence-electron chi connectivity index (χ3n) is 4.75. The summed E-state index contributed by atoms with van der Waals surface area (Å²) in [5.41, 5.74) is 8.67. The first-order valence-electron chi connectivity index (χ1n) is 9.04. The van der Waals surface area contributed by atoms with Gasteiger partial charge in [0.05, 0.1) is 6.54 Å². The average Bonchev–Trinajstić information content (AvgIpc) is 2.71. The van der Waals surface area contributed by atoms with E-state index in [0.717, 1.165) is 16.8 Å². The minimum atomic E-state index is -1.02. The van der Waals surface area contributed by atoms with E-state index in [9.17, 15) is 4.79 Å². The number of anilines is 1. The molecule has 0 aromatic heterocycles. The van der Waals surface area contributed by atoms with E-state index in [-0.39, 0.29) is 12.5 Å². The molecular formula is C21H23Cl2N3O2. The van der Waals surface area contributed by atoms with Crippen LogP contribution in [0.15, 0.2) is 54.2 Å². The SMILES string of the molecule is CCC1(Cl)Nc2ccc(Cl)cc2C(OCc2ccccc2)=C1N(C)C(=O)CN. The summed E-state index contributed by atoms with van der Waals surface area (Å²) >= 11 is 13.2. The number of hydrogen-bond donors (Lipinski definition) is 2. The lowest BCUT2D eigenvalue weighted by Crippen LogP contribution is -2.47. The fraction of sp³-hybridized carbons (Fsp3) is 0.286. The number of nitrogens with zero attached hydrogens (tertiary/aromatic N) is 1. The van der Waals surface area contributed by atoms with Crippen molar-refractivity contribution in [2.75, 3.05) is 18.9 Å². The highest BCUT2D eigenvalue weighted by Crippen LogP contribution is 2.45. The van der Waals surface area contributed by atoms with Crippen molar-refractivity contribution < 1.29 is 9.53 Å². The summed E-state index contributed by atoms with van der Waals surface area (Å²) in [5, 5.41) is 3.88. The van der Waals surface area contributed by atoms with Crippen molar-refractivity contribution in [2.45, 2.75) is 24.9 Å². The first-order chi connectivity index (χ1) is 13.4. The smallest absolute Gasteiger partial charge is 0.240 e. The van der Waals surface area contributed by atoms with Crippen LogP contribution in [0.5, 0.6) is 0 Å². The molecule has 0 bridgehead atoms. The van der Waals surface area contributed by atoms with Crippen LogP contribution in [0.1, 0.15) is 24.5 Å². The Kier molecular flexibility index (Phi) is 6.18. The fourth-order valence-electron chi connectivity index (χ4n) is 3.20. The van der Waals surface area contributed by atoms with E-state index >= 15 is 0 Å². The van der Waals surface area contributed by atoms with Gasteiger partial charge in [-0.1, -0.05) is 60.5 Å². The van der Waals surface area contributed by atoms with Gasteiger partial charge in [-0.3, -0.25) is 4.79 Å². The van der Waals surface area contributed by atoms with Gasteiger partial charge in [-0.05, 0) is 30.2 Å². The van der Waals surface area contributed by atoms with Crippen LogP contribution >= 0.6 is 23.2 Å². The summed E-state index contributed by atoms with van der Waals surface area (Å²) < 4.78 is 6.24. The first kappa shape index (κ1) is 20.5. The summed E-state index contributed by atoms with van der Waals surface area (Å²) in [7, 11) is 1.65. The Morgan fingerprint density at radius 3 is 2.61 bits per heavy atom. The number of fused-ring (bicyclic) bond motifs is 1. The Bertz CT molecular complexity index is 902. The van der Waals surface area contributed by atoms with E-state index in [4.69, 9.17) is 33.7 Å². The van der Waals surface area contributed by atoms with E-state index in [2.05, 4.69) is 5.32 Å². The van der Waals surface area contributed by atoms with E-state index in [1.807, 2.05) is 43.3 Å². The van der Waals surface area contributed by atoms with Crippen molar-refractivity contribution in [3.63, 3.8) is 0 Å². The normalized spacial score (nSPS) is 18.3. The van der Waals surface area contributed by atoms with Gasteiger partial charge in [0.2, 0.25) is 5.91 Å². The predicted molar refractivity (Wildman–Crippen MR) is 114 cm³/mol. The van der Waals surface area contributed by atoms with Gasteiger partial charge < -0.3 is 20.7 Å². The summed E-state index contributed by atoms with van der Waals surface area (Å²) in [6.45, 7) is 2.13. The zero-order chi connectivity index (χ0) is 20.3. The van der Waals surface area contributed by atoms with Gasteiger partial charge in [-0.2, -0.15) is 0 Å². The molecule has 1 heterocycles. The molecule has 1 amide bonds. The molecule has 7 heteroatoms. The van der Waals surface area contributed by atoms with Gasteiger partial charge in [0.25, 0.3) is 0 Å². The number of likely N-dealkylation sites (N-methyl/N-ethyl adjacent to an activating group) is 1. The lowest BCUT2D eigenvalue weighted by atomic mass is 9.97. The highest BCUT2D eigenvalue weighted by Gasteiger charge is 2.42. The molecule has 2 aromatic carbocycles. The molecule has 2 aromatic rings. The molecule has 0 saturated carbocycles. The van der Waals surface area contributed by atoms with Crippen LogP contribution in [-0.4, -0.2) is 29.4 Å². The van der Waals surface area contributed by atoms with Crippen LogP contribution in [0.2, 0.25) is 5.02 Å². The molecule has 0 radical (unpaired) electrons. The maximum Gasteiger partial charge on any atom is 0.240 e. The lowest BCUT2D eigenvalue weighted by molar-refractivity contribution is -0.127. The lowest BCUT2D eigenvalue weighted by Gasteiger charge is -2.41. The zero-order valence-corrected chi connectivity index (χ0v) is 17.3. The van der Waals surface area contributed by atoms with Crippen molar-refractivity contribution in [3.05, 3.63) is 70.4 Å². The third-order valence-corrected chi connectivity index (χ3v) is 5.52. The number of amides is 1. The molecule has 0 fully saturated rings. The second kappa shape index (κ2) is 8.43. The van der Waals surface area contributed by atoms with Crippen LogP contribution in [0.25, 0.3) is 5.76 Å². The number of rotatable bonds is 6. The summed E-state index contributed by atoms with van der Waals surface area (Å²) in [4.78, 5) is 12.9. The largest absolute Gasteiger partial charge is 0.486 e. The van der Waals surface area contributed by atoms with Gasteiger partial charge >= 0.3 is 0 Å². The van der Waals surface area contributed by atoms with Crippen molar-refractivity contribution >= 4 is 40.6 Å². The molecule has 1 atom stereocenters. The molecule has 1 aliphatic heterocycles. The van der Waals surface area contributed by atoms with Crippen molar-refractivity contribution in [1.29, 1.82) is 0 Å². The molecule has 148 valence electrons. The molecule has 28 heavy (non-hydrogen) atoms. The molecule has 1 aliphatic rings. The average molecular weight is 420 g/mol. The molecule has 5 nitrogen and oxygen atoms in total. The quantitative estimate of drug-likeness (QED) is 0.537. The summed E-state index contributed by atoms with van der Waals surface area (Å²) in [5.74, 6) is 0.253. The predicted octanol–water partition coefficient (Wildman–Crippen LogP) is 4.41. The molecule has 3 rings (SSSR count). The summed E-state index contributed by atoms with van der Waals surface area (Å²) in [6, 6.07) is 15.2. The Morgan fingerprint density at radius 1 is 1.25 bits per heavy atom. The molecule has 0 saturated heterocycles. The number of nitrogens with two attached hydrogens (primary N) is 1. The highest BCUT2D eigenvalue weighted by molar-refractivity contribution is 6.31. The second-order valence-electron chi connectivity index (χ2n) is 6.58. The van der Waals surface area contributed by atoms with Gasteiger partial charge in [0.1, 0.15) is 12.3 Å². The highest BCUT2D eigenvalue weighted by atomic mass is 35.5. The molecular weight excluding hydrogens is 397 g/mol. The van der Waals surface area contributed by atoms with Gasteiger partial charge in [0, 0.05) is 23.3 Å². The Morgan fingerprint density at radius 2 is 1.96 bits per heavy atom. The number of benzene rings is 2. The van der Waals surface area contributed by atoms with E-state index < -0.39 is 5.00 Å². The number of ether oxygens (including phenoxy) is 1. The van der Waals surface area contributed by atoms with Gasteiger partial charge in [-0.25, -0.2) is 0 Å². The van der Waals surface area contributed by atoms with Crippen molar-refractivity contribution in [3.8, 4) is 0 Å². The molecule has 0 aliphatic carbocycles. The number of carbonyl (C=O) groups is 1. The van der Waals surface area contributed by atoms with Gasteiger partial charge in [-0.15, -0.1) is 0 Å². The van der Waals surface area contributed by atoms with E-state index in [0.29, 0.717) is 29.5 Å². The second-order valence-corrected chi connectivity index (χ2v) is 7.66. The Hall–Kier alpha value is -2.21. The van der Waals surface area contributed by atoms with Crippen molar-refractivity contribution in [2.24, 2.45) is 5.73 Å². The number of alkyl halides is 1. The topological polar surface area (TPSA) is 67.6 Å². The van der Waals surface area contributed by atoms with E-state index in [1.54, 1.807) is 19.2 Å². The molecule has 3 N–H and O–H groups in total. The van der Waals surface area contributed by atoms with Crippen molar-refractivity contribution in [1.82, 2.24) is 4.90 Å². The number of carbonyl (C=O) groups excluding carboxylic acids is 1. The molecule has 0 spiro atoms. The number of hydrogen-bond acceptors (Lipinski definition) is 4. The standard InChI is InChI=1S/C21H23Cl2N3O2/c1-3-21(23)20(26(2)18(27)12-24)19(28-13-14-7-5-4-6-8-14)16-11-15(22)9-10-17(16)25-21/h4-11,25H,3,12-13,24H2,1-2H3. The van der Waals surface area contributed by atoms with Crippen LogP contribution < -0.4 is 11.1 Å². The maximum absolute atomic E-state index is 12.4. The van der Waals surface area contributed by atoms with E-state index in [1.165, 1.54) is 4.90 Å². The monoisotopic (exact) mass is 419 g/mol. The fourth-order valence-corrected chi connectivity index (χ4v) is 3.69. The van der Waals surface area contributed by atoms with Crippen LogP contribution in [0, 0.1) is 0 Å². The van der Waals surface area contributed by atoms with Crippen LogP contribution in [0.3, 0.4) is 0 Å². The minimum Gasteiger partial charge on any atom is -0.486 e. The van der Waals surface area contributed by atoms with Crippen LogP contribution in [0.4, 0.5) is 5.69 Å². The Labute approximate surface area is 175 Å². The van der Waals surface area contributed by atoms with Gasteiger partial charge in [0.15, 0.2) is 10.8 Å². The zero-order valence-electron chi connectivity index (χ0n) is 15.8.